The quantitative estimate of drug-likeness (QED) is 0.454. The maximum Gasteiger partial charge on any atom is 0.416 e. The number of rotatable bonds is 5. The number of halogens is 6. The first-order chi connectivity index (χ1) is 10.7. The van der Waals surface area contributed by atoms with Gasteiger partial charge < -0.3 is 10.5 Å². The molecule has 0 saturated carbocycles. The molecule has 0 aliphatic carbocycles. The first-order valence-corrected chi connectivity index (χ1v) is 7.23. The smallest absolute Gasteiger partial charge is 0.368 e. The Morgan fingerprint density at radius 1 is 1.04 bits per heavy atom. The Labute approximate surface area is 130 Å². The molecule has 134 valence electrons. The second-order valence-electron chi connectivity index (χ2n) is 4.38. The molecule has 0 bridgehead atoms. The minimum atomic E-state index is -5.26. The first kappa shape index (κ1) is 19.9. The van der Waals surface area contributed by atoms with Gasteiger partial charge in [-0.1, -0.05) is 0 Å². The number of carbonyl (C=O) groups is 2. The summed E-state index contributed by atoms with van der Waals surface area (Å²) in [4.78, 5) is 19.9. The standard InChI is InChI=1S/C11H8F6N2O4S/c12-10(13,14)5-1-6(11(15,16)17)3-7(2-5)24(22,23)19-8(4-20)9(18)21/h1-4,8,19H,(H2,18,21). The number of hydrogen-bond donors (Lipinski definition) is 2. The zero-order chi connectivity index (χ0) is 18.9. The molecule has 13 heteroatoms. The Morgan fingerprint density at radius 2 is 1.46 bits per heavy atom. The van der Waals surface area contributed by atoms with Crippen LogP contribution in [0.3, 0.4) is 0 Å². The van der Waals surface area contributed by atoms with E-state index in [4.69, 9.17) is 0 Å². The molecule has 1 aromatic rings. The van der Waals surface area contributed by atoms with Crippen LogP contribution in [0.1, 0.15) is 11.1 Å². The predicted octanol–water partition coefficient (Wildman–Crippen LogP) is 1.06. The van der Waals surface area contributed by atoms with Gasteiger partial charge in [0.2, 0.25) is 15.9 Å². The number of nitrogens with two attached hydrogens (primary N) is 1. The number of benzene rings is 1. The van der Waals surface area contributed by atoms with Gasteiger partial charge >= 0.3 is 12.4 Å². The number of amides is 1. The summed E-state index contributed by atoms with van der Waals surface area (Å²) in [6.07, 6.45) is -10.8. The summed E-state index contributed by atoms with van der Waals surface area (Å²) < 4.78 is 101. The third-order valence-corrected chi connectivity index (χ3v) is 4.02. The van der Waals surface area contributed by atoms with Crippen LogP contribution in [0.15, 0.2) is 23.1 Å². The van der Waals surface area contributed by atoms with Crippen LogP contribution in [0.25, 0.3) is 0 Å². The molecule has 1 amide bonds. The summed E-state index contributed by atoms with van der Waals surface area (Å²) in [5, 5.41) is 0. The highest BCUT2D eigenvalue weighted by molar-refractivity contribution is 7.89. The van der Waals surface area contributed by atoms with E-state index in [1.165, 1.54) is 4.72 Å². The fourth-order valence-electron chi connectivity index (χ4n) is 1.47. The van der Waals surface area contributed by atoms with Crippen molar-refractivity contribution in [1.82, 2.24) is 4.72 Å². The Hall–Kier alpha value is -2.15. The maximum atomic E-state index is 12.7. The molecule has 0 heterocycles. The summed E-state index contributed by atoms with van der Waals surface area (Å²) in [6.45, 7) is 0. The highest BCUT2D eigenvalue weighted by atomic mass is 32.2. The van der Waals surface area contributed by atoms with Crippen LogP contribution in [-0.4, -0.2) is 26.7 Å². The van der Waals surface area contributed by atoms with E-state index in [-0.39, 0.29) is 24.5 Å². The van der Waals surface area contributed by atoms with Crippen LogP contribution in [0.2, 0.25) is 0 Å². The topological polar surface area (TPSA) is 106 Å². The van der Waals surface area contributed by atoms with Crippen molar-refractivity contribution in [3.05, 3.63) is 29.3 Å². The van der Waals surface area contributed by atoms with Crippen LogP contribution >= 0.6 is 0 Å². The fraction of sp³-hybridized carbons (Fsp3) is 0.273. The molecule has 24 heavy (non-hydrogen) atoms. The second-order valence-corrected chi connectivity index (χ2v) is 6.09. The number of aldehydes is 1. The van der Waals surface area contributed by atoms with E-state index in [1.807, 2.05) is 0 Å². The molecule has 1 atom stereocenters. The Balaban J connectivity index is 3.52. The van der Waals surface area contributed by atoms with Gasteiger partial charge in [0.25, 0.3) is 0 Å². The Bertz CT molecular complexity index is 725. The largest absolute Gasteiger partial charge is 0.416 e. The lowest BCUT2D eigenvalue weighted by Crippen LogP contribution is -2.45. The van der Waals surface area contributed by atoms with Gasteiger partial charge in [0.1, 0.15) is 6.29 Å². The normalized spacial score (nSPS) is 14.2. The molecule has 0 radical (unpaired) electrons. The summed E-state index contributed by atoms with van der Waals surface area (Å²) >= 11 is 0. The molecule has 0 aliphatic heterocycles. The zero-order valence-electron chi connectivity index (χ0n) is 11.3. The third-order valence-electron chi connectivity index (χ3n) is 2.60. The predicted molar refractivity (Wildman–Crippen MR) is 65.8 cm³/mol. The van der Waals surface area contributed by atoms with Crippen molar-refractivity contribution < 1.29 is 44.3 Å². The molecule has 0 saturated heterocycles. The van der Waals surface area contributed by atoms with E-state index >= 15 is 0 Å². The van der Waals surface area contributed by atoms with Crippen LogP contribution in [0.4, 0.5) is 26.3 Å². The van der Waals surface area contributed by atoms with Crippen molar-refractivity contribution in [2.24, 2.45) is 5.73 Å². The minimum Gasteiger partial charge on any atom is -0.368 e. The van der Waals surface area contributed by atoms with E-state index in [0.29, 0.717) is 0 Å². The second kappa shape index (κ2) is 6.39. The van der Waals surface area contributed by atoms with Crippen molar-refractivity contribution in [2.45, 2.75) is 23.3 Å². The molecule has 1 aromatic carbocycles. The van der Waals surface area contributed by atoms with Gasteiger partial charge in [-0.05, 0) is 18.2 Å². The molecule has 6 nitrogen and oxygen atoms in total. The Kier molecular flexibility index (Phi) is 5.30. The van der Waals surface area contributed by atoms with Crippen molar-refractivity contribution in [3.8, 4) is 0 Å². The first-order valence-electron chi connectivity index (χ1n) is 5.75. The van der Waals surface area contributed by atoms with Crippen molar-refractivity contribution in [2.75, 3.05) is 0 Å². The average Bonchev–Trinajstić information content (AvgIpc) is 2.42. The SMILES string of the molecule is NC(=O)C(C=O)NS(=O)(=O)c1cc(C(F)(F)F)cc(C(F)(F)F)c1. The van der Waals surface area contributed by atoms with Gasteiger partial charge in [-0.2, -0.15) is 31.1 Å². The third kappa shape index (κ3) is 4.67. The molecule has 1 rings (SSSR count). The van der Waals surface area contributed by atoms with E-state index in [1.54, 1.807) is 0 Å². The van der Waals surface area contributed by atoms with E-state index < -0.39 is 50.3 Å². The molecule has 0 aromatic heterocycles. The molecule has 0 aliphatic rings. The number of carbonyl (C=O) groups excluding carboxylic acids is 2. The fourth-order valence-corrected chi connectivity index (χ4v) is 2.68. The summed E-state index contributed by atoms with van der Waals surface area (Å²) in [5.74, 6) is -1.49. The average molecular weight is 378 g/mol. The van der Waals surface area contributed by atoms with E-state index in [2.05, 4.69) is 5.73 Å². The van der Waals surface area contributed by atoms with E-state index in [0.717, 1.165) is 0 Å². The van der Waals surface area contributed by atoms with Crippen molar-refractivity contribution >= 4 is 22.2 Å². The van der Waals surface area contributed by atoms with Gasteiger partial charge in [0, 0.05) is 0 Å². The van der Waals surface area contributed by atoms with E-state index in [9.17, 15) is 44.3 Å². The molecule has 3 N–H and O–H groups in total. The zero-order valence-corrected chi connectivity index (χ0v) is 12.1. The lowest BCUT2D eigenvalue weighted by molar-refractivity contribution is -0.143. The highest BCUT2D eigenvalue weighted by Gasteiger charge is 2.38. The molecule has 0 fully saturated rings. The molecule has 0 spiro atoms. The number of sulfonamides is 1. The van der Waals surface area contributed by atoms with Crippen LogP contribution in [0.5, 0.6) is 0 Å². The Morgan fingerprint density at radius 3 is 1.75 bits per heavy atom. The van der Waals surface area contributed by atoms with Gasteiger partial charge in [-0.25, -0.2) is 8.42 Å². The van der Waals surface area contributed by atoms with Gasteiger partial charge in [-0.3, -0.25) is 4.79 Å². The van der Waals surface area contributed by atoms with Crippen LogP contribution in [0, 0.1) is 0 Å². The van der Waals surface area contributed by atoms with Gasteiger partial charge in [-0.15, -0.1) is 0 Å². The molecular weight excluding hydrogens is 370 g/mol. The number of hydrogen-bond acceptors (Lipinski definition) is 4. The number of primary amides is 1. The van der Waals surface area contributed by atoms with Gasteiger partial charge in [0.15, 0.2) is 6.04 Å². The van der Waals surface area contributed by atoms with Crippen molar-refractivity contribution in [3.63, 3.8) is 0 Å². The summed E-state index contributed by atoms with van der Waals surface area (Å²) in [7, 11) is -5.06. The lowest BCUT2D eigenvalue weighted by atomic mass is 10.1. The summed E-state index contributed by atoms with van der Waals surface area (Å²) in [5.41, 5.74) is 0.923. The monoisotopic (exact) mass is 378 g/mol. The number of alkyl halides is 6. The maximum absolute atomic E-state index is 12.7. The molecule has 1 unspecified atom stereocenters. The number of nitrogens with one attached hydrogen (secondary N) is 1. The minimum absolute atomic E-state index is 0.0690. The van der Waals surface area contributed by atoms with Crippen LogP contribution in [-0.2, 0) is 32.0 Å². The summed E-state index contributed by atoms with van der Waals surface area (Å²) in [6, 6.07) is -2.57. The molecular formula is C11H8F6N2O4S. The van der Waals surface area contributed by atoms with Gasteiger partial charge in [0.05, 0.1) is 16.0 Å². The highest BCUT2D eigenvalue weighted by Crippen LogP contribution is 2.37. The van der Waals surface area contributed by atoms with Crippen molar-refractivity contribution in [1.29, 1.82) is 0 Å². The van der Waals surface area contributed by atoms with Crippen LogP contribution < -0.4 is 10.5 Å². The lowest BCUT2D eigenvalue weighted by Gasteiger charge is -2.15.